The zero-order chi connectivity index (χ0) is 8.81. The summed E-state index contributed by atoms with van der Waals surface area (Å²) < 4.78 is 5.37. The summed E-state index contributed by atoms with van der Waals surface area (Å²) >= 11 is 5.70. The molecule has 0 saturated carbocycles. The molecule has 0 aliphatic heterocycles. The van der Waals surface area contributed by atoms with E-state index in [0.29, 0.717) is 6.61 Å². The molecule has 1 aromatic carbocycles. The Bertz CT molecular complexity index is 222. The van der Waals surface area contributed by atoms with Gasteiger partial charge in [0.25, 0.3) is 0 Å². The molecule has 0 aliphatic carbocycles. The lowest BCUT2D eigenvalue weighted by Gasteiger charge is -2.04. The average molecular weight is 186 g/mol. The van der Waals surface area contributed by atoms with Crippen molar-refractivity contribution < 1.29 is 10.1 Å². The number of rotatable bonds is 4. The normalized spacial score (nSPS) is 9.83. The van der Waals surface area contributed by atoms with Crippen LogP contribution in [0.4, 0.5) is 0 Å². The molecule has 0 spiro atoms. The van der Waals surface area contributed by atoms with Crippen LogP contribution >= 0.6 is 11.6 Å². The average Bonchev–Trinajstić information content (AvgIpc) is 2.09. The van der Waals surface area contributed by atoms with Crippen LogP contribution in [0.1, 0.15) is 0 Å². The van der Waals surface area contributed by atoms with Gasteiger partial charge in [0, 0.05) is 5.02 Å². The predicted molar refractivity (Wildman–Crippen MR) is 49.1 cm³/mol. The molecule has 0 fully saturated rings. The van der Waals surface area contributed by atoms with Gasteiger partial charge in [0.15, 0.2) is 0 Å². The van der Waals surface area contributed by atoms with Crippen LogP contribution in [0.25, 0.3) is 0 Å². The van der Waals surface area contributed by atoms with E-state index >= 15 is 0 Å². The molecule has 0 atom stereocenters. The summed E-state index contributed by atoms with van der Waals surface area (Å²) in [6.45, 7) is 1.54. The highest BCUT2D eigenvalue weighted by molar-refractivity contribution is 6.30. The molecule has 0 aromatic heterocycles. The Morgan fingerprint density at radius 1 is 1.33 bits per heavy atom. The third-order valence-electron chi connectivity index (χ3n) is 1.40. The summed E-state index contributed by atoms with van der Waals surface area (Å²) in [5.41, 5.74) is 0. The molecule has 2 N–H and O–H groups in total. The lowest BCUT2D eigenvalue weighted by Crippen LogP contribution is -2.78. The topological polar surface area (TPSA) is 25.8 Å². The van der Waals surface area contributed by atoms with Gasteiger partial charge in [-0.1, -0.05) is 11.6 Å². The molecule has 12 heavy (non-hydrogen) atoms. The first kappa shape index (κ1) is 9.36. The second kappa shape index (κ2) is 5.01. The monoisotopic (exact) mass is 185 g/mol. The molecular formula is C9H12ClNO. The second-order valence-corrected chi connectivity index (χ2v) is 2.82. The Kier molecular flexibility index (Phi) is 3.91. The molecule has 0 radical (unpaired) electrons. The Morgan fingerprint density at radius 2 is 2.00 bits per heavy atom. The van der Waals surface area contributed by atoms with Crippen molar-refractivity contribution in [1.29, 1.82) is 0 Å². The smallest absolute Gasteiger partial charge is 0.135 e. The zero-order valence-corrected chi connectivity index (χ0v) is 7.55. The van der Waals surface area contributed by atoms with Crippen LogP contribution in [0, 0.1) is 7.05 Å². The fourth-order valence-electron chi connectivity index (χ4n) is 0.791. The van der Waals surface area contributed by atoms with Crippen LogP contribution in [0.3, 0.4) is 0 Å². The van der Waals surface area contributed by atoms with Crippen molar-refractivity contribution in [2.75, 3.05) is 13.2 Å². The highest BCUT2D eigenvalue weighted by Crippen LogP contribution is 2.14. The molecule has 0 bridgehead atoms. The second-order valence-electron chi connectivity index (χ2n) is 2.38. The first-order valence-corrected chi connectivity index (χ1v) is 4.20. The van der Waals surface area contributed by atoms with Gasteiger partial charge in [0.2, 0.25) is 0 Å². The van der Waals surface area contributed by atoms with Gasteiger partial charge in [-0.05, 0) is 24.3 Å². The molecule has 2 nitrogen and oxygen atoms in total. The van der Waals surface area contributed by atoms with Crippen LogP contribution in [0.5, 0.6) is 5.75 Å². The molecule has 0 heterocycles. The summed E-state index contributed by atoms with van der Waals surface area (Å²) in [5, 5.41) is 2.56. The van der Waals surface area contributed by atoms with Crippen LogP contribution in [0.2, 0.25) is 5.02 Å². The summed E-state index contributed by atoms with van der Waals surface area (Å²) in [4.78, 5) is 0. The molecule has 1 rings (SSSR count). The molecule has 0 amide bonds. The van der Waals surface area contributed by atoms with Crippen LogP contribution in [-0.2, 0) is 0 Å². The van der Waals surface area contributed by atoms with Crippen molar-refractivity contribution in [2.24, 2.45) is 0 Å². The van der Waals surface area contributed by atoms with Gasteiger partial charge in [-0.3, -0.25) is 0 Å². The number of hydrogen-bond donors (Lipinski definition) is 1. The quantitative estimate of drug-likeness (QED) is 0.551. The van der Waals surface area contributed by atoms with E-state index < -0.39 is 0 Å². The Balaban J connectivity index is 2.37. The summed E-state index contributed by atoms with van der Waals surface area (Å²) in [7, 11) is 3.60. The van der Waals surface area contributed by atoms with Crippen molar-refractivity contribution in [2.45, 2.75) is 0 Å². The van der Waals surface area contributed by atoms with E-state index in [1.807, 2.05) is 29.6 Å². The fraction of sp³-hybridized carbons (Fsp3) is 0.222. The predicted octanol–water partition coefficient (Wildman–Crippen LogP) is 1.07. The highest BCUT2D eigenvalue weighted by Gasteiger charge is 1.92. The molecule has 3 heteroatoms. The van der Waals surface area contributed by atoms with Gasteiger partial charge in [0.05, 0.1) is 6.54 Å². The number of hydrogen-bond acceptors (Lipinski definition) is 1. The maximum Gasteiger partial charge on any atom is 0.135 e. The Labute approximate surface area is 77.5 Å². The Morgan fingerprint density at radius 3 is 2.58 bits per heavy atom. The minimum Gasteiger partial charge on any atom is -0.488 e. The van der Waals surface area contributed by atoms with E-state index in [1.165, 1.54) is 0 Å². The Hall–Kier alpha value is -0.730. The third-order valence-corrected chi connectivity index (χ3v) is 1.66. The van der Waals surface area contributed by atoms with E-state index in [9.17, 15) is 0 Å². The minimum atomic E-state index is 0.672. The van der Waals surface area contributed by atoms with Gasteiger partial charge < -0.3 is 10.1 Å². The van der Waals surface area contributed by atoms with Crippen molar-refractivity contribution in [1.82, 2.24) is 0 Å². The van der Waals surface area contributed by atoms with E-state index in [0.717, 1.165) is 17.3 Å². The van der Waals surface area contributed by atoms with Gasteiger partial charge in [-0.25, -0.2) is 0 Å². The lowest BCUT2D eigenvalue weighted by molar-refractivity contribution is -0.596. The highest BCUT2D eigenvalue weighted by atomic mass is 35.5. The minimum absolute atomic E-state index is 0.672. The molecule has 1 aromatic rings. The zero-order valence-electron chi connectivity index (χ0n) is 6.79. The van der Waals surface area contributed by atoms with Gasteiger partial charge in [-0.15, -0.1) is 0 Å². The fourth-order valence-corrected chi connectivity index (χ4v) is 0.917. The van der Waals surface area contributed by atoms with Gasteiger partial charge in [-0.2, -0.15) is 7.05 Å². The number of quaternary nitrogens is 1. The molecule has 0 unspecified atom stereocenters. The van der Waals surface area contributed by atoms with E-state index in [1.54, 1.807) is 0 Å². The maximum absolute atomic E-state index is 5.70. The van der Waals surface area contributed by atoms with Crippen molar-refractivity contribution in [3.8, 4) is 5.75 Å². The maximum atomic E-state index is 5.70. The molecule has 66 valence electrons. The molecule has 0 saturated heterocycles. The van der Waals surface area contributed by atoms with Crippen molar-refractivity contribution >= 4 is 11.6 Å². The number of ether oxygens (including phenoxy) is 1. The first-order valence-electron chi connectivity index (χ1n) is 3.82. The van der Waals surface area contributed by atoms with Crippen molar-refractivity contribution in [3.05, 3.63) is 36.3 Å². The largest absolute Gasteiger partial charge is 0.488 e. The number of nitrogens with two attached hydrogens (primary N) is 1. The van der Waals surface area contributed by atoms with Crippen LogP contribution in [0.15, 0.2) is 24.3 Å². The van der Waals surface area contributed by atoms with Crippen molar-refractivity contribution in [3.63, 3.8) is 0 Å². The van der Waals surface area contributed by atoms with Gasteiger partial charge >= 0.3 is 0 Å². The summed E-state index contributed by atoms with van der Waals surface area (Å²) in [6.07, 6.45) is 0. The standard InChI is InChI=1S/C9H12ClNO/c1-11-6-7-12-9-4-2-8(10)3-5-9/h2-5H,1,6-7,11H2. The summed E-state index contributed by atoms with van der Waals surface area (Å²) in [6, 6.07) is 7.33. The van der Waals surface area contributed by atoms with Crippen LogP contribution < -0.4 is 10.1 Å². The number of benzene rings is 1. The first-order chi connectivity index (χ1) is 5.83. The van der Waals surface area contributed by atoms with E-state index in [-0.39, 0.29) is 0 Å². The SMILES string of the molecule is [CH2-][NH2+]CCOc1ccc(Cl)cc1. The molecule has 0 aliphatic rings. The van der Waals surface area contributed by atoms with E-state index in [4.69, 9.17) is 16.3 Å². The molecular weight excluding hydrogens is 174 g/mol. The number of halogens is 1. The third kappa shape index (κ3) is 3.11. The van der Waals surface area contributed by atoms with Crippen LogP contribution in [-0.4, -0.2) is 13.2 Å². The lowest BCUT2D eigenvalue weighted by atomic mass is 10.3. The van der Waals surface area contributed by atoms with E-state index in [2.05, 4.69) is 7.05 Å². The van der Waals surface area contributed by atoms with Gasteiger partial charge in [0.1, 0.15) is 12.4 Å². The summed E-state index contributed by atoms with van der Waals surface area (Å²) in [5.74, 6) is 0.848.